The van der Waals surface area contributed by atoms with Gasteiger partial charge in [0.25, 0.3) is 0 Å². The molecule has 6 heteroatoms. The van der Waals surface area contributed by atoms with E-state index in [1.807, 2.05) is 48.7 Å². The van der Waals surface area contributed by atoms with Gasteiger partial charge in [0, 0.05) is 12.7 Å². The van der Waals surface area contributed by atoms with Gasteiger partial charge in [-0.05, 0) is 33.6 Å². The highest BCUT2D eigenvalue weighted by atomic mass is 79.9. The third kappa shape index (κ3) is 2.66. The quantitative estimate of drug-likeness (QED) is 0.771. The molecule has 0 spiro atoms. The van der Waals surface area contributed by atoms with Crippen molar-refractivity contribution in [2.45, 2.75) is 6.10 Å². The molecule has 5 nitrogen and oxygen atoms in total. The van der Waals surface area contributed by atoms with Gasteiger partial charge >= 0.3 is 0 Å². The maximum Gasteiger partial charge on any atom is 0.243 e. The van der Waals surface area contributed by atoms with Gasteiger partial charge in [0.05, 0.1) is 10.6 Å². The first-order valence-electron chi connectivity index (χ1n) is 6.22. The monoisotopic (exact) mass is 332 g/mol. The highest BCUT2D eigenvalue weighted by molar-refractivity contribution is 9.10. The Morgan fingerprint density at radius 3 is 2.75 bits per heavy atom. The molecule has 0 aliphatic rings. The van der Waals surface area contributed by atoms with E-state index < -0.39 is 6.10 Å². The summed E-state index contributed by atoms with van der Waals surface area (Å²) in [5.74, 6) is 0.492. The van der Waals surface area contributed by atoms with Gasteiger partial charge in [0.15, 0.2) is 5.65 Å². The molecule has 0 aliphatic carbocycles. The molecule has 0 amide bonds. The summed E-state index contributed by atoms with van der Waals surface area (Å²) < 4.78 is 2.56. The van der Waals surface area contributed by atoms with E-state index in [1.165, 1.54) is 0 Å². The molecular formula is C14H13BrN4O. The van der Waals surface area contributed by atoms with Crippen LogP contribution in [0.1, 0.15) is 11.7 Å². The Balaban J connectivity index is 1.72. The van der Waals surface area contributed by atoms with E-state index >= 15 is 0 Å². The summed E-state index contributed by atoms with van der Waals surface area (Å²) in [4.78, 5) is 4.36. The van der Waals surface area contributed by atoms with Gasteiger partial charge in [-0.3, -0.25) is 0 Å². The molecule has 0 bridgehead atoms. The molecule has 2 aromatic heterocycles. The summed E-state index contributed by atoms with van der Waals surface area (Å²) in [6.07, 6.45) is 1.23. The topological polar surface area (TPSA) is 62.5 Å². The fourth-order valence-electron chi connectivity index (χ4n) is 1.93. The Morgan fingerprint density at radius 1 is 1.20 bits per heavy atom. The molecule has 1 atom stereocenters. The number of hydrogen-bond acceptors (Lipinski definition) is 4. The van der Waals surface area contributed by atoms with Crippen molar-refractivity contribution in [2.24, 2.45) is 0 Å². The number of nitrogens with zero attached hydrogens (tertiary/aromatic N) is 3. The number of pyridine rings is 1. The van der Waals surface area contributed by atoms with E-state index in [9.17, 15) is 5.11 Å². The third-order valence-corrected chi connectivity index (χ3v) is 3.57. The average Bonchev–Trinajstić information content (AvgIpc) is 2.90. The lowest BCUT2D eigenvalue weighted by Gasteiger charge is -2.10. The molecule has 0 saturated heterocycles. The highest BCUT2D eigenvalue weighted by Gasteiger charge is 2.09. The van der Waals surface area contributed by atoms with E-state index in [0.717, 1.165) is 15.7 Å². The van der Waals surface area contributed by atoms with E-state index in [4.69, 9.17) is 0 Å². The lowest BCUT2D eigenvalue weighted by molar-refractivity contribution is 0.191. The van der Waals surface area contributed by atoms with Crippen LogP contribution in [0.2, 0.25) is 0 Å². The number of anilines is 1. The maximum absolute atomic E-state index is 10.1. The first kappa shape index (κ1) is 13.1. The number of benzene rings is 1. The van der Waals surface area contributed by atoms with Crippen LogP contribution in [0, 0.1) is 0 Å². The number of hydrogen-bond donors (Lipinski definition) is 2. The van der Waals surface area contributed by atoms with Crippen LogP contribution in [-0.2, 0) is 0 Å². The van der Waals surface area contributed by atoms with E-state index in [2.05, 4.69) is 31.3 Å². The van der Waals surface area contributed by atoms with Crippen molar-refractivity contribution in [3.63, 3.8) is 0 Å². The van der Waals surface area contributed by atoms with Crippen LogP contribution in [0.25, 0.3) is 5.65 Å². The number of nitrogens with one attached hydrogen (secondary N) is 1. The van der Waals surface area contributed by atoms with Crippen LogP contribution in [0.15, 0.2) is 53.1 Å². The van der Waals surface area contributed by atoms with Crippen LogP contribution < -0.4 is 5.32 Å². The lowest BCUT2D eigenvalue weighted by Crippen LogP contribution is -2.12. The van der Waals surface area contributed by atoms with Crippen LogP contribution >= 0.6 is 15.9 Å². The van der Waals surface area contributed by atoms with Crippen LogP contribution in [-0.4, -0.2) is 26.2 Å². The summed E-state index contributed by atoms with van der Waals surface area (Å²) in [7, 11) is 0. The zero-order valence-corrected chi connectivity index (χ0v) is 12.2. The fourth-order valence-corrected chi connectivity index (χ4v) is 2.35. The van der Waals surface area contributed by atoms with E-state index in [-0.39, 0.29) is 0 Å². The van der Waals surface area contributed by atoms with Crippen LogP contribution in [0.3, 0.4) is 0 Å². The van der Waals surface area contributed by atoms with Crippen LogP contribution in [0.5, 0.6) is 0 Å². The van der Waals surface area contributed by atoms with E-state index in [0.29, 0.717) is 12.5 Å². The second-order valence-corrected chi connectivity index (χ2v) is 5.22. The van der Waals surface area contributed by atoms with Crippen molar-refractivity contribution >= 4 is 27.5 Å². The largest absolute Gasteiger partial charge is 0.387 e. The number of fused-ring (bicyclic) bond motifs is 1. The van der Waals surface area contributed by atoms with Gasteiger partial charge in [0.2, 0.25) is 5.95 Å². The van der Waals surface area contributed by atoms with Gasteiger partial charge in [-0.1, -0.05) is 30.3 Å². The number of aliphatic hydroxyl groups excluding tert-OH is 1. The summed E-state index contributed by atoms with van der Waals surface area (Å²) in [6, 6.07) is 13.3. The van der Waals surface area contributed by atoms with Gasteiger partial charge in [0.1, 0.15) is 0 Å². The Bertz CT molecular complexity index is 714. The Labute approximate surface area is 124 Å². The molecule has 2 N–H and O–H groups in total. The normalized spacial score (nSPS) is 12.5. The number of aromatic nitrogens is 3. The number of aliphatic hydroxyl groups is 1. The van der Waals surface area contributed by atoms with Crippen molar-refractivity contribution < 1.29 is 5.11 Å². The summed E-state index contributed by atoms with van der Waals surface area (Å²) in [5.41, 5.74) is 1.61. The van der Waals surface area contributed by atoms with Gasteiger partial charge in [-0.15, -0.1) is 5.10 Å². The number of halogens is 1. The number of rotatable bonds is 4. The minimum absolute atomic E-state index is 0.360. The summed E-state index contributed by atoms with van der Waals surface area (Å²) in [6.45, 7) is 0.360. The summed E-state index contributed by atoms with van der Waals surface area (Å²) in [5, 5.41) is 17.4. The maximum atomic E-state index is 10.1. The first-order chi connectivity index (χ1) is 9.74. The summed E-state index contributed by atoms with van der Waals surface area (Å²) >= 11 is 3.43. The molecule has 1 aromatic carbocycles. The van der Waals surface area contributed by atoms with Gasteiger partial charge < -0.3 is 10.4 Å². The molecular weight excluding hydrogens is 320 g/mol. The standard InChI is InChI=1S/C14H13BrN4O/c15-11-7-4-8-19-13(11)17-14(18-19)16-9-12(20)10-5-2-1-3-6-10/h1-8,12,20H,9H2,(H,16,18). The smallest absolute Gasteiger partial charge is 0.243 e. The third-order valence-electron chi connectivity index (χ3n) is 2.95. The van der Waals surface area contributed by atoms with Crippen molar-refractivity contribution in [2.75, 3.05) is 11.9 Å². The SMILES string of the molecule is OC(CNc1nc2c(Br)cccn2n1)c1ccccc1. The molecule has 20 heavy (non-hydrogen) atoms. The second kappa shape index (κ2) is 5.60. The molecule has 3 aromatic rings. The zero-order chi connectivity index (χ0) is 13.9. The van der Waals surface area contributed by atoms with Crippen molar-refractivity contribution in [3.05, 3.63) is 58.7 Å². The van der Waals surface area contributed by atoms with Gasteiger partial charge in [-0.2, -0.15) is 4.98 Å². The Kier molecular flexibility index (Phi) is 3.66. The molecule has 0 fully saturated rings. The average molecular weight is 333 g/mol. The van der Waals surface area contributed by atoms with Gasteiger partial charge in [-0.25, -0.2) is 4.52 Å². The molecule has 3 rings (SSSR count). The highest BCUT2D eigenvalue weighted by Crippen LogP contribution is 2.17. The van der Waals surface area contributed by atoms with Crippen molar-refractivity contribution in [1.29, 1.82) is 0 Å². The van der Waals surface area contributed by atoms with Crippen LogP contribution in [0.4, 0.5) is 5.95 Å². The molecule has 102 valence electrons. The van der Waals surface area contributed by atoms with E-state index in [1.54, 1.807) is 4.52 Å². The lowest BCUT2D eigenvalue weighted by atomic mass is 10.1. The predicted molar refractivity (Wildman–Crippen MR) is 80.6 cm³/mol. The first-order valence-corrected chi connectivity index (χ1v) is 7.01. The second-order valence-electron chi connectivity index (χ2n) is 4.37. The Morgan fingerprint density at radius 2 is 2.00 bits per heavy atom. The fraction of sp³-hybridized carbons (Fsp3) is 0.143. The minimum atomic E-state index is -0.591. The molecule has 0 radical (unpaired) electrons. The zero-order valence-electron chi connectivity index (χ0n) is 10.6. The Hall–Kier alpha value is -1.92. The molecule has 0 saturated carbocycles. The van der Waals surface area contributed by atoms with Crippen molar-refractivity contribution in [1.82, 2.24) is 14.6 Å². The predicted octanol–water partition coefficient (Wildman–Crippen LogP) is 2.64. The van der Waals surface area contributed by atoms with Crippen molar-refractivity contribution in [3.8, 4) is 0 Å². The molecule has 0 aliphatic heterocycles. The minimum Gasteiger partial charge on any atom is -0.387 e. The molecule has 1 unspecified atom stereocenters. The molecule has 2 heterocycles.